The zero-order valence-electron chi connectivity index (χ0n) is 14.2. The van der Waals surface area contributed by atoms with Gasteiger partial charge in [0.25, 0.3) is 0 Å². The summed E-state index contributed by atoms with van der Waals surface area (Å²) in [6.45, 7) is 1.28. The monoisotopic (exact) mass is 475 g/mol. The largest absolute Gasteiger partial charge is 0.392 e. The molecule has 0 spiro atoms. The molecule has 7 N–H and O–H groups in total. The highest BCUT2D eigenvalue weighted by molar-refractivity contribution is 7.60. The van der Waals surface area contributed by atoms with E-state index in [0.29, 0.717) is 0 Å². The third kappa shape index (κ3) is 7.54. The van der Waals surface area contributed by atoms with Gasteiger partial charge in [0.15, 0.2) is 0 Å². The Morgan fingerprint density at radius 2 is 1.50 bits per heavy atom. The van der Waals surface area contributed by atoms with E-state index in [1.54, 1.807) is 6.92 Å². The molecule has 1 fully saturated rings. The van der Waals surface area contributed by atoms with Crippen molar-refractivity contribution in [1.82, 2.24) is 5.32 Å². The normalized spacial score (nSPS) is 38.8. The lowest BCUT2D eigenvalue weighted by atomic mass is 9.86. The molecular formula is C13H33NO7S5. The zero-order chi connectivity index (χ0) is 15.7. The van der Waals surface area contributed by atoms with Crippen molar-refractivity contribution >= 4 is 67.5 Å². The molecule has 0 amide bonds. The van der Waals surface area contributed by atoms with E-state index in [-0.39, 0.29) is 79.7 Å². The molecule has 3 unspecified atom stereocenters. The quantitative estimate of drug-likeness (QED) is 0.215. The maximum atomic E-state index is 10.0. The van der Waals surface area contributed by atoms with Gasteiger partial charge in [-0.3, -0.25) is 0 Å². The summed E-state index contributed by atoms with van der Waals surface area (Å²) < 4.78 is 5.31. The second kappa shape index (κ2) is 15.1. The third-order valence-corrected chi connectivity index (χ3v) is 4.18. The number of aliphatic hydroxyl groups excluding tert-OH is 6. The van der Waals surface area contributed by atoms with E-state index < -0.39 is 55.3 Å². The molecule has 1 saturated heterocycles. The Morgan fingerprint density at radius 1 is 0.962 bits per heavy atom. The molecule has 0 saturated carbocycles. The molecule has 0 aromatic rings. The number of hydrogen-bond acceptors (Lipinski definition) is 8. The van der Waals surface area contributed by atoms with Gasteiger partial charge in [0.1, 0.15) is 24.4 Å². The fraction of sp³-hybridized carbons (Fsp3) is 0.846. The molecule has 8 nitrogen and oxygen atoms in total. The van der Waals surface area contributed by atoms with Crippen LogP contribution in [0.2, 0.25) is 0 Å². The fourth-order valence-corrected chi connectivity index (χ4v) is 2.77. The Bertz CT molecular complexity index is 409. The first-order valence-electron chi connectivity index (χ1n) is 6.96. The smallest absolute Gasteiger partial charge is 0.111 e. The van der Waals surface area contributed by atoms with Crippen LogP contribution in [0.25, 0.3) is 0 Å². The molecule has 2 rings (SSSR count). The molecule has 0 bridgehead atoms. The Kier molecular flexibility index (Phi) is 20.1. The van der Waals surface area contributed by atoms with E-state index in [0.717, 1.165) is 0 Å². The molecule has 2 aliphatic rings. The number of rotatable bonds is 3. The van der Waals surface area contributed by atoms with Crippen molar-refractivity contribution in [2.45, 2.75) is 55.6 Å². The summed E-state index contributed by atoms with van der Waals surface area (Å²) in [5.41, 5.74) is 0.185. The summed E-state index contributed by atoms with van der Waals surface area (Å²) in [7, 11) is 0. The van der Waals surface area contributed by atoms with E-state index in [2.05, 4.69) is 5.32 Å². The highest BCUT2D eigenvalue weighted by Gasteiger charge is 2.42. The second-order valence-corrected chi connectivity index (χ2v) is 5.64. The first-order valence-corrected chi connectivity index (χ1v) is 6.96. The van der Waals surface area contributed by atoms with Gasteiger partial charge in [-0.1, -0.05) is 6.08 Å². The van der Waals surface area contributed by atoms with Crippen LogP contribution >= 0.6 is 67.5 Å². The lowest BCUT2D eigenvalue weighted by Gasteiger charge is -2.42. The van der Waals surface area contributed by atoms with Crippen molar-refractivity contribution in [2.75, 3.05) is 13.2 Å². The predicted molar refractivity (Wildman–Crippen MR) is 123 cm³/mol. The van der Waals surface area contributed by atoms with E-state index in [1.165, 1.54) is 6.08 Å². The molecule has 162 valence electrons. The summed E-state index contributed by atoms with van der Waals surface area (Å²) in [6, 6.07) is -1.45. The van der Waals surface area contributed by atoms with E-state index in [1.807, 2.05) is 0 Å². The molecule has 0 radical (unpaired) electrons. The van der Waals surface area contributed by atoms with Crippen molar-refractivity contribution < 1.29 is 35.4 Å². The molecule has 13 heteroatoms. The lowest BCUT2D eigenvalue weighted by molar-refractivity contribution is -0.141. The number of hydrogen-bond donors (Lipinski definition) is 7. The van der Waals surface area contributed by atoms with Crippen LogP contribution in [-0.2, 0) is 4.74 Å². The van der Waals surface area contributed by atoms with Gasteiger partial charge in [0.05, 0.1) is 37.5 Å². The van der Waals surface area contributed by atoms with Gasteiger partial charge in [-0.15, -0.1) is 0 Å². The van der Waals surface area contributed by atoms with Gasteiger partial charge in [-0.2, -0.15) is 67.5 Å². The van der Waals surface area contributed by atoms with Crippen LogP contribution < -0.4 is 5.32 Å². The zero-order valence-corrected chi connectivity index (χ0v) is 19.2. The van der Waals surface area contributed by atoms with Gasteiger partial charge in [0, 0.05) is 0 Å². The topological polar surface area (TPSA) is 143 Å². The summed E-state index contributed by atoms with van der Waals surface area (Å²) in [5.74, 6) is 0. The maximum absolute atomic E-state index is 10.0. The average Bonchev–Trinajstić information content (AvgIpc) is 2.47. The summed E-state index contributed by atoms with van der Waals surface area (Å²) >= 11 is 0. The summed E-state index contributed by atoms with van der Waals surface area (Å²) in [5, 5.41) is 61.2. The standard InChI is InChI=1S/C13H23NO7.5H2S/c1-5-9(12(19)8(16)4-21-5)14-7-2-6(3-15)10(17)13(20)11(7)18;;;;;/h2,5,7-20H,3-4H2,1H3;5*1H2/t5-,7-,8?,9-,10?,11?,12-,13+;;;;;/m1...../s1. The molecular weight excluding hydrogens is 442 g/mol. The molecule has 1 heterocycles. The molecule has 1 aliphatic carbocycles. The van der Waals surface area contributed by atoms with Crippen molar-refractivity contribution in [1.29, 1.82) is 0 Å². The Hall–Kier alpha value is 1.17. The van der Waals surface area contributed by atoms with E-state index in [9.17, 15) is 30.6 Å². The molecule has 26 heavy (non-hydrogen) atoms. The molecule has 8 atom stereocenters. The van der Waals surface area contributed by atoms with Gasteiger partial charge in [0.2, 0.25) is 0 Å². The number of ether oxygens (including phenoxy) is 1. The van der Waals surface area contributed by atoms with E-state index >= 15 is 0 Å². The Labute approximate surface area is 188 Å². The summed E-state index contributed by atoms with van der Waals surface area (Å²) in [6.07, 6.45) is -5.22. The Balaban J connectivity index is -0.000000484. The minimum absolute atomic E-state index is 0. The van der Waals surface area contributed by atoms with Crippen LogP contribution in [-0.4, -0.2) is 92.6 Å². The van der Waals surface area contributed by atoms with E-state index in [4.69, 9.17) is 4.74 Å². The average molecular weight is 476 g/mol. The van der Waals surface area contributed by atoms with Crippen molar-refractivity contribution in [3.8, 4) is 0 Å². The van der Waals surface area contributed by atoms with Crippen LogP contribution in [0.1, 0.15) is 6.92 Å². The van der Waals surface area contributed by atoms with Gasteiger partial charge in [-0.05, 0) is 12.5 Å². The molecule has 0 aromatic heterocycles. The molecule has 1 aliphatic heterocycles. The maximum Gasteiger partial charge on any atom is 0.111 e. The minimum atomic E-state index is -1.45. The van der Waals surface area contributed by atoms with Crippen molar-refractivity contribution in [3.63, 3.8) is 0 Å². The van der Waals surface area contributed by atoms with Gasteiger partial charge in [-0.25, -0.2) is 0 Å². The third-order valence-electron chi connectivity index (χ3n) is 4.18. The fourth-order valence-electron chi connectivity index (χ4n) is 2.77. The first-order chi connectivity index (χ1) is 9.86. The lowest BCUT2D eigenvalue weighted by Crippen LogP contribution is -2.64. The van der Waals surface area contributed by atoms with Crippen molar-refractivity contribution in [2.24, 2.45) is 0 Å². The number of aliphatic hydroxyl groups is 6. The van der Waals surface area contributed by atoms with Gasteiger partial charge >= 0.3 is 0 Å². The van der Waals surface area contributed by atoms with Crippen LogP contribution in [0, 0.1) is 0 Å². The van der Waals surface area contributed by atoms with Crippen LogP contribution in [0.5, 0.6) is 0 Å². The molecule has 0 aromatic carbocycles. The van der Waals surface area contributed by atoms with Crippen LogP contribution in [0.15, 0.2) is 11.6 Å². The predicted octanol–water partition coefficient (Wildman–Crippen LogP) is -2.97. The minimum Gasteiger partial charge on any atom is -0.392 e. The first kappa shape index (κ1) is 34.7. The number of nitrogens with one attached hydrogen (secondary N) is 1. The Morgan fingerprint density at radius 3 is 2.00 bits per heavy atom. The SMILES string of the molecule is C[C@H]1OCC(O)[C@@H](O)[C@@H]1N[C@@H]1C=C(CO)C(O)[C@H](O)C1O.S.S.S.S.S. The van der Waals surface area contributed by atoms with Crippen LogP contribution in [0.4, 0.5) is 0 Å². The van der Waals surface area contributed by atoms with Crippen LogP contribution in [0.3, 0.4) is 0 Å². The highest BCUT2D eigenvalue weighted by atomic mass is 32.1. The second-order valence-electron chi connectivity index (χ2n) is 5.64. The highest BCUT2D eigenvalue weighted by Crippen LogP contribution is 2.23. The van der Waals surface area contributed by atoms with Crippen molar-refractivity contribution in [3.05, 3.63) is 11.6 Å². The van der Waals surface area contributed by atoms with Gasteiger partial charge < -0.3 is 40.7 Å². The summed E-state index contributed by atoms with van der Waals surface area (Å²) in [4.78, 5) is 0.